The minimum Gasteiger partial charge on any atom is -0.493 e. The molecule has 1 fully saturated rings. The van der Waals surface area contributed by atoms with Crippen LogP contribution in [0.1, 0.15) is 35.6 Å². The van der Waals surface area contributed by atoms with E-state index in [1.54, 1.807) is 32.4 Å². The van der Waals surface area contributed by atoms with Crippen LogP contribution in [0.2, 0.25) is 10.0 Å². The molecule has 1 N–H and O–H groups in total. The number of pyridine rings is 1. The van der Waals surface area contributed by atoms with E-state index in [4.69, 9.17) is 42.1 Å². The molecule has 1 aliphatic carbocycles. The molecule has 2 aromatic carbocycles. The summed E-state index contributed by atoms with van der Waals surface area (Å²) in [5.41, 5.74) is 1.89. The Hall–Kier alpha value is -3.34. The molecule has 0 aliphatic heterocycles. The van der Waals surface area contributed by atoms with Gasteiger partial charge in [-0.3, -0.25) is 9.78 Å². The molecular formula is C29H30Cl2F2N2O6. The first-order valence-electron chi connectivity index (χ1n) is 12.9. The van der Waals surface area contributed by atoms with Crippen molar-refractivity contribution in [2.45, 2.75) is 38.5 Å². The highest BCUT2D eigenvalue weighted by molar-refractivity contribution is 6.35. The fraction of sp³-hybridized carbons (Fsp3) is 0.379. The van der Waals surface area contributed by atoms with Crippen molar-refractivity contribution in [3.8, 4) is 23.0 Å². The quantitative estimate of drug-likeness (QED) is 0.197. The molecule has 0 saturated heterocycles. The van der Waals surface area contributed by atoms with Crippen molar-refractivity contribution >= 4 is 29.2 Å². The average molecular weight is 611 g/mol. The maximum atomic E-state index is 13.0. The highest BCUT2D eigenvalue weighted by Gasteiger charge is 2.26. The van der Waals surface area contributed by atoms with E-state index in [9.17, 15) is 13.6 Å². The molecule has 220 valence electrons. The number of carbonyl (C=O) groups excluding carboxylic acids is 1. The first-order chi connectivity index (χ1) is 19.8. The van der Waals surface area contributed by atoms with Crippen molar-refractivity contribution < 1.29 is 37.3 Å². The van der Waals surface area contributed by atoms with E-state index in [2.05, 4.69) is 15.0 Å². The lowest BCUT2D eigenvalue weighted by molar-refractivity contribution is -0.148. The summed E-state index contributed by atoms with van der Waals surface area (Å²) in [6.45, 7) is -2.40. The zero-order valence-electron chi connectivity index (χ0n) is 22.5. The molecule has 8 nitrogen and oxygen atoms in total. The third kappa shape index (κ3) is 8.82. The van der Waals surface area contributed by atoms with Gasteiger partial charge in [-0.1, -0.05) is 35.3 Å². The molecule has 1 atom stereocenters. The van der Waals surface area contributed by atoms with Gasteiger partial charge in [0.15, 0.2) is 23.0 Å². The van der Waals surface area contributed by atoms with Crippen molar-refractivity contribution in [1.82, 2.24) is 10.3 Å². The predicted molar refractivity (Wildman–Crippen MR) is 149 cm³/mol. The van der Waals surface area contributed by atoms with E-state index in [0.29, 0.717) is 51.7 Å². The Kier molecular flexibility index (Phi) is 10.8. The molecule has 4 rings (SSSR count). The zero-order chi connectivity index (χ0) is 29.4. The molecule has 1 aromatic heterocycles. The SMILES string of the molecule is COc1ccc(CNCC(=O)O[C@@H](Cc2c(Cl)cncc2Cl)c2ccc(OC(F)F)c(OCC3CC3)c2)cc1OC. The molecule has 3 aromatic rings. The maximum Gasteiger partial charge on any atom is 0.387 e. The normalized spacial score (nSPS) is 13.5. The fourth-order valence-electron chi connectivity index (χ4n) is 4.07. The van der Waals surface area contributed by atoms with Crippen LogP contribution in [0, 0.1) is 5.92 Å². The molecule has 0 bridgehead atoms. The summed E-state index contributed by atoms with van der Waals surface area (Å²) >= 11 is 12.7. The van der Waals surface area contributed by atoms with Gasteiger partial charge in [-0.05, 0) is 59.7 Å². The van der Waals surface area contributed by atoms with Crippen LogP contribution in [0.25, 0.3) is 0 Å². The molecule has 0 radical (unpaired) electrons. The zero-order valence-corrected chi connectivity index (χ0v) is 24.0. The van der Waals surface area contributed by atoms with Gasteiger partial charge in [0, 0.05) is 25.4 Å². The van der Waals surface area contributed by atoms with Crippen molar-refractivity contribution in [2.75, 3.05) is 27.4 Å². The highest BCUT2D eigenvalue weighted by Crippen LogP contribution is 2.38. The molecule has 41 heavy (non-hydrogen) atoms. The average Bonchev–Trinajstić information content (AvgIpc) is 3.78. The van der Waals surface area contributed by atoms with Gasteiger partial charge in [0.2, 0.25) is 0 Å². The van der Waals surface area contributed by atoms with Crippen LogP contribution in [0.5, 0.6) is 23.0 Å². The van der Waals surface area contributed by atoms with Crippen LogP contribution in [0.3, 0.4) is 0 Å². The molecular weight excluding hydrogens is 581 g/mol. The van der Waals surface area contributed by atoms with E-state index in [1.807, 2.05) is 6.07 Å². The Morgan fingerprint density at radius 1 is 1.00 bits per heavy atom. The van der Waals surface area contributed by atoms with E-state index in [0.717, 1.165) is 18.4 Å². The number of alkyl halides is 2. The number of aromatic nitrogens is 1. The van der Waals surface area contributed by atoms with Gasteiger partial charge < -0.3 is 29.0 Å². The molecule has 0 unspecified atom stereocenters. The van der Waals surface area contributed by atoms with E-state index < -0.39 is 18.7 Å². The summed E-state index contributed by atoms with van der Waals surface area (Å²) in [5.74, 6) is 1.01. The summed E-state index contributed by atoms with van der Waals surface area (Å²) in [7, 11) is 3.10. The Morgan fingerprint density at radius 3 is 2.37 bits per heavy atom. The topological polar surface area (TPSA) is 88.1 Å². The van der Waals surface area contributed by atoms with Crippen LogP contribution in [-0.2, 0) is 22.5 Å². The number of hydrogen-bond donors (Lipinski definition) is 1. The Bertz CT molecular complexity index is 1320. The summed E-state index contributed by atoms with van der Waals surface area (Å²) in [6.07, 6.45) is 4.15. The van der Waals surface area contributed by atoms with Gasteiger partial charge in [0.1, 0.15) is 6.10 Å². The Labute approximate surface area is 246 Å². The Morgan fingerprint density at radius 2 is 1.71 bits per heavy atom. The van der Waals surface area contributed by atoms with Gasteiger partial charge in [-0.2, -0.15) is 8.78 Å². The molecule has 1 saturated carbocycles. The molecule has 12 heteroatoms. The maximum absolute atomic E-state index is 13.0. The van der Waals surface area contributed by atoms with Crippen molar-refractivity contribution in [1.29, 1.82) is 0 Å². The van der Waals surface area contributed by atoms with E-state index >= 15 is 0 Å². The number of esters is 1. The molecule has 0 amide bonds. The number of hydrogen-bond acceptors (Lipinski definition) is 8. The van der Waals surface area contributed by atoms with Crippen molar-refractivity contribution in [3.63, 3.8) is 0 Å². The predicted octanol–water partition coefficient (Wildman–Crippen LogP) is 6.41. The van der Waals surface area contributed by atoms with Crippen LogP contribution < -0.4 is 24.3 Å². The first kappa shape index (κ1) is 30.6. The van der Waals surface area contributed by atoms with Crippen LogP contribution in [0.15, 0.2) is 48.8 Å². The molecule has 0 spiro atoms. The number of benzene rings is 2. The summed E-state index contributed by atoms with van der Waals surface area (Å²) in [4.78, 5) is 16.9. The van der Waals surface area contributed by atoms with Crippen molar-refractivity contribution in [3.05, 3.63) is 75.5 Å². The van der Waals surface area contributed by atoms with Gasteiger partial charge in [-0.15, -0.1) is 0 Å². The van der Waals surface area contributed by atoms with Gasteiger partial charge in [-0.25, -0.2) is 0 Å². The number of nitrogens with zero attached hydrogens (tertiary/aromatic N) is 1. The lowest BCUT2D eigenvalue weighted by Gasteiger charge is -2.22. The largest absolute Gasteiger partial charge is 0.493 e. The molecule has 1 aliphatic rings. The number of methoxy groups -OCH3 is 2. The minimum absolute atomic E-state index is 0.106. The number of rotatable bonds is 15. The number of nitrogens with one attached hydrogen (secondary N) is 1. The fourth-order valence-corrected chi connectivity index (χ4v) is 4.59. The lowest BCUT2D eigenvalue weighted by atomic mass is 10.0. The summed E-state index contributed by atoms with van der Waals surface area (Å²) in [6, 6.07) is 9.88. The smallest absolute Gasteiger partial charge is 0.387 e. The second-order valence-electron chi connectivity index (χ2n) is 9.40. The second-order valence-corrected chi connectivity index (χ2v) is 10.2. The third-order valence-corrected chi connectivity index (χ3v) is 7.04. The van der Waals surface area contributed by atoms with Gasteiger partial charge >= 0.3 is 12.6 Å². The van der Waals surface area contributed by atoms with Crippen LogP contribution in [-0.4, -0.2) is 44.9 Å². The minimum atomic E-state index is -3.02. The summed E-state index contributed by atoms with van der Waals surface area (Å²) < 4.78 is 53.0. The van der Waals surface area contributed by atoms with Crippen LogP contribution >= 0.6 is 23.2 Å². The lowest BCUT2D eigenvalue weighted by Crippen LogP contribution is -2.26. The summed E-state index contributed by atoms with van der Waals surface area (Å²) in [5, 5.41) is 3.65. The first-order valence-corrected chi connectivity index (χ1v) is 13.6. The van der Waals surface area contributed by atoms with Crippen molar-refractivity contribution in [2.24, 2.45) is 5.92 Å². The number of halogens is 4. The van der Waals surface area contributed by atoms with Crippen LogP contribution in [0.4, 0.5) is 8.78 Å². The molecule has 1 heterocycles. The second kappa shape index (κ2) is 14.5. The monoisotopic (exact) mass is 610 g/mol. The standard InChI is InChI=1S/C29H30Cl2F2N2O6/c1-37-23-7-5-18(9-26(23)38-2)12-34-15-28(36)40-25(11-20-21(30)13-35-14-22(20)31)19-6-8-24(41-29(32)33)27(10-19)39-16-17-3-4-17/h5-10,13-14,17,25,29,34H,3-4,11-12,15-16H2,1-2H3/t25-/m0/s1. The Balaban J connectivity index is 1.51. The van der Waals surface area contributed by atoms with E-state index in [1.165, 1.54) is 24.5 Å². The number of carbonyl (C=O) groups is 1. The van der Waals surface area contributed by atoms with E-state index in [-0.39, 0.29) is 24.5 Å². The number of ether oxygens (including phenoxy) is 5. The third-order valence-electron chi connectivity index (χ3n) is 6.39. The highest BCUT2D eigenvalue weighted by atomic mass is 35.5. The van der Waals surface area contributed by atoms with Gasteiger partial charge in [0.25, 0.3) is 0 Å². The van der Waals surface area contributed by atoms with Gasteiger partial charge in [0.05, 0.1) is 37.4 Å².